The van der Waals surface area contributed by atoms with Gasteiger partial charge < -0.3 is 14.0 Å². The van der Waals surface area contributed by atoms with Crippen molar-refractivity contribution in [3.05, 3.63) is 94.6 Å². The lowest BCUT2D eigenvalue weighted by molar-refractivity contribution is -0.142. The number of hydrogen-bond acceptors (Lipinski definition) is 6. The van der Waals surface area contributed by atoms with E-state index in [4.69, 9.17) is 25.6 Å². The number of rotatable bonds is 8. The van der Waals surface area contributed by atoms with E-state index in [1.807, 2.05) is 66.7 Å². The van der Waals surface area contributed by atoms with Gasteiger partial charge in [-0.3, -0.25) is 10.1 Å². The van der Waals surface area contributed by atoms with Gasteiger partial charge in [0.15, 0.2) is 5.76 Å². The van der Waals surface area contributed by atoms with Gasteiger partial charge in [-0.2, -0.15) is 0 Å². The fourth-order valence-corrected chi connectivity index (χ4v) is 4.20. The molecule has 0 saturated carbocycles. The van der Waals surface area contributed by atoms with Crippen LogP contribution in [-0.4, -0.2) is 23.8 Å². The van der Waals surface area contributed by atoms with Crippen molar-refractivity contribution in [2.24, 2.45) is 0 Å². The van der Waals surface area contributed by atoms with E-state index < -0.39 is 12.2 Å². The third-order valence-corrected chi connectivity index (χ3v) is 6.13. The Bertz CT molecular complexity index is 1400. The van der Waals surface area contributed by atoms with E-state index in [0.717, 1.165) is 22.3 Å². The summed E-state index contributed by atoms with van der Waals surface area (Å²) in [4.78, 5) is 24.4. The predicted molar refractivity (Wildman–Crippen MR) is 142 cm³/mol. The van der Waals surface area contributed by atoms with E-state index in [1.54, 1.807) is 26.8 Å². The fourth-order valence-electron chi connectivity index (χ4n) is 3.91. The number of carbonyl (C=O) groups excluding carboxylic acids is 2. The Kier molecular flexibility index (Phi) is 8.25. The van der Waals surface area contributed by atoms with Crippen LogP contribution < -0.4 is 5.32 Å². The van der Waals surface area contributed by atoms with Gasteiger partial charge >= 0.3 is 12.1 Å². The number of ether oxygens (including phenoxy) is 2. The summed E-state index contributed by atoms with van der Waals surface area (Å²) in [7, 11) is 0. The SMILES string of the molecule is CCOC(=O)Cc1ccc(-c2cccc(-c3onc(C)c3NC(=O)OC(C)c3ccccc3Cl)c2)cc1. The molecule has 1 heterocycles. The smallest absolute Gasteiger partial charge is 0.412 e. The van der Waals surface area contributed by atoms with Crippen LogP contribution in [0.3, 0.4) is 0 Å². The lowest BCUT2D eigenvalue weighted by atomic mass is 10.00. The second kappa shape index (κ2) is 11.8. The number of benzene rings is 3. The maximum absolute atomic E-state index is 12.7. The predicted octanol–water partition coefficient (Wildman–Crippen LogP) is 7.39. The number of nitrogens with one attached hydrogen (secondary N) is 1. The molecular formula is C29H27ClN2O5. The molecule has 0 radical (unpaired) electrons. The first kappa shape index (κ1) is 26.0. The van der Waals surface area contributed by atoms with Crippen molar-refractivity contribution in [2.45, 2.75) is 33.3 Å². The zero-order chi connectivity index (χ0) is 26.4. The lowest BCUT2D eigenvalue weighted by Crippen LogP contribution is -2.17. The molecule has 1 unspecified atom stereocenters. The Balaban J connectivity index is 1.51. The highest BCUT2D eigenvalue weighted by Gasteiger charge is 2.21. The van der Waals surface area contributed by atoms with Crippen LogP contribution in [0, 0.1) is 6.92 Å². The zero-order valence-electron chi connectivity index (χ0n) is 20.8. The maximum Gasteiger partial charge on any atom is 0.412 e. The van der Waals surface area contributed by atoms with Crippen LogP contribution >= 0.6 is 11.6 Å². The molecule has 1 aromatic heterocycles. The Morgan fingerprint density at radius 2 is 1.73 bits per heavy atom. The van der Waals surface area contributed by atoms with Crippen molar-refractivity contribution in [2.75, 3.05) is 11.9 Å². The molecule has 8 heteroatoms. The Morgan fingerprint density at radius 1 is 1.00 bits per heavy atom. The average Bonchev–Trinajstić information content (AvgIpc) is 3.24. The average molecular weight is 519 g/mol. The second-order valence-electron chi connectivity index (χ2n) is 8.43. The third kappa shape index (κ3) is 6.37. The third-order valence-electron chi connectivity index (χ3n) is 5.78. The van der Waals surface area contributed by atoms with E-state index in [0.29, 0.717) is 34.3 Å². The number of esters is 1. The molecule has 0 aliphatic heterocycles. The van der Waals surface area contributed by atoms with Crippen molar-refractivity contribution in [1.82, 2.24) is 5.16 Å². The summed E-state index contributed by atoms with van der Waals surface area (Å²) in [6.45, 7) is 5.64. The van der Waals surface area contributed by atoms with E-state index in [-0.39, 0.29) is 12.4 Å². The minimum atomic E-state index is -0.645. The molecule has 0 spiro atoms. The molecule has 1 amide bonds. The summed E-state index contributed by atoms with van der Waals surface area (Å²) in [5.41, 5.74) is 5.18. The Morgan fingerprint density at radius 3 is 2.46 bits per heavy atom. The van der Waals surface area contributed by atoms with Gasteiger partial charge in [-0.15, -0.1) is 0 Å². The van der Waals surface area contributed by atoms with Crippen LogP contribution in [0.4, 0.5) is 10.5 Å². The molecule has 4 aromatic rings. The molecule has 4 rings (SSSR count). The molecule has 1 N–H and O–H groups in total. The lowest BCUT2D eigenvalue weighted by Gasteiger charge is -2.15. The Labute approximate surface area is 220 Å². The molecule has 1 atom stereocenters. The zero-order valence-corrected chi connectivity index (χ0v) is 21.5. The van der Waals surface area contributed by atoms with Gasteiger partial charge in [0.05, 0.1) is 13.0 Å². The molecule has 0 saturated heterocycles. The number of amides is 1. The molecular weight excluding hydrogens is 492 g/mol. The van der Waals surface area contributed by atoms with Gasteiger partial charge in [-0.05, 0) is 49.6 Å². The molecule has 0 bridgehead atoms. The number of aromatic nitrogens is 1. The molecule has 0 aliphatic rings. The van der Waals surface area contributed by atoms with Crippen molar-refractivity contribution >= 4 is 29.4 Å². The summed E-state index contributed by atoms with van der Waals surface area (Å²) >= 11 is 6.23. The van der Waals surface area contributed by atoms with E-state index in [9.17, 15) is 9.59 Å². The fraction of sp³-hybridized carbons (Fsp3) is 0.207. The highest BCUT2D eigenvalue weighted by Crippen LogP contribution is 2.34. The van der Waals surface area contributed by atoms with Gasteiger partial charge in [-0.25, -0.2) is 4.79 Å². The largest absolute Gasteiger partial charge is 0.466 e. The van der Waals surface area contributed by atoms with Crippen LogP contribution in [0.5, 0.6) is 0 Å². The minimum absolute atomic E-state index is 0.228. The van der Waals surface area contributed by atoms with Gasteiger partial charge in [0.2, 0.25) is 0 Å². The number of anilines is 1. The molecule has 37 heavy (non-hydrogen) atoms. The minimum Gasteiger partial charge on any atom is -0.466 e. The van der Waals surface area contributed by atoms with Crippen molar-refractivity contribution < 1.29 is 23.6 Å². The van der Waals surface area contributed by atoms with Gasteiger partial charge in [0, 0.05) is 16.1 Å². The van der Waals surface area contributed by atoms with Crippen molar-refractivity contribution in [3.8, 4) is 22.5 Å². The normalized spacial score (nSPS) is 11.6. The summed E-state index contributed by atoms with van der Waals surface area (Å²) in [5.74, 6) is 0.165. The maximum atomic E-state index is 12.7. The molecule has 0 fully saturated rings. The number of nitrogens with zero attached hydrogens (tertiary/aromatic N) is 1. The van der Waals surface area contributed by atoms with E-state index >= 15 is 0 Å². The van der Waals surface area contributed by atoms with Crippen LogP contribution in [0.15, 0.2) is 77.3 Å². The topological polar surface area (TPSA) is 90.7 Å². The highest BCUT2D eigenvalue weighted by molar-refractivity contribution is 6.31. The van der Waals surface area contributed by atoms with Crippen LogP contribution in [0.2, 0.25) is 5.02 Å². The summed E-state index contributed by atoms with van der Waals surface area (Å²) in [5, 5.41) is 7.34. The van der Waals surface area contributed by atoms with Crippen molar-refractivity contribution in [3.63, 3.8) is 0 Å². The second-order valence-corrected chi connectivity index (χ2v) is 8.83. The molecule has 7 nitrogen and oxygen atoms in total. The first-order chi connectivity index (χ1) is 17.9. The number of hydrogen-bond donors (Lipinski definition) is 1. The van der Waals surface area contributed by atoms with Crippen LogP contribution in [0.25, 0.3) is 22.5 Å². The van der Waals surface area contributed by atoms with Gasteiger partial charge in [0.1, 0.15) is 17.5 Å². The molecule has 0 aliphatic carbocycles. The number of carbonyl (C=O) groups is 2. The van der Waals surface area contributed by atoms with E-state index in [1.165, 1.54) is 0 Å². The first-order valence-corrected chi connectivity index (χ1v) is 12.3. The number of halogens is 1. The van der Waals surface area contributed by atoms with E-state index in [2.05, 4.69) is 10.5 Å². The summed E-state index contributed by atoms with van der Waals surface area (Å²) < 4.78 is 16.1. The van der Waals surface area contributed by atoms with Gasteiger partial charge in [0.25, 0.3) is 0 Å². The number of aryl methyl sites for hydroxylation is 1. The van der Waals surface area contributed by atoms with Crippen molar-refractivity contribution in [1.29, 1.82) is 0 Å². The quantitative estimate of drug-likeness (QED) is 0.245. The summed E-state index contributed by atoms with van der Waals surface area (Å²) in [6.07, 6.45) is -0.966. The monoisotopic (exact) mass is 518 g/mol. The molecule has 190 valence electrons. The van der Waals surface area contributed by atoms with Gasteiger partial charge in [-0.1, -0.05) is 77.4 Å². The van der Waals surface area contributed by atoms with Crippen LogP contribution in [-0.2, 0) is 20.7 Å². The first-order valence-electron chi connectivity index (χ1n) is 11.9. The molecule has 3 aromatic carbocycles. The highest BCUT2D eigenvalue weighted by atomic mass is 35.5. The Hall–Kier alpha value is -4.10. The summed E-state index contributed by atoms with van der Waals surface area (Å²) in [6, 6.07) is 22.6. The van der Waals surface area contributed by atoms with Crippen LogP contribution in [0.1, 0.15) is 36.8 Å². The standard InChI is InChI=1S/C29H27ClN2O5/c1-4-35-26(33)16-20-12-14-21(15-13-20)22-8-7-9-23(17-22)28-27(18(2)32-37-28)31-29(34)36-19(3)24-10-5-6-11-25(24)30/h5-15,17,19H,4,16H2,1-3H3,(H,31,34).